The third-order valence-electron chi connectivity index (χ3n) is 2.44. The minimum atomic E-state index is -0.696. The smallest absolute Gasteiger partial charge is 0.303 e. The van der Waals surface area contributed by atoms with E-state index >= 15 is 0 Å². The molecule has 3 nitrogen and oxygen atoms in total. The molecular formula is C8H15NO2. The standard InChI is InChI=1S/C8H15NO2/c9-7-5-4-6(7)2-1-3-8(10)11/h6-7H,1-5,9H2,(H,10,11). The van der Waals surface area contributed by atoms with Crippen LogP contribution in [0.3, 0.4) is 0 Å². The summed E-state index contributed by atoms with van der Waals surface area (Å²) in [5.41, 5.74) is 5.69. The first kappa shape index (κ1) is 8.53. The summed E-state index contributed by atoms with van der Waals surface area (Å²) in [6.45, 7) is 0. The Morgan fingerprint density at radius 1 is 1.55 bits per heavy atom. The highest BCUT2D eigenvalue weighted by Gasteiger charge is 2.26. The lowest BCUT2D eigenvalue weighted by Crippen LogP contribution is -2.39. The van der Waals surface area contributed by atoms with E-state index in [1.165, 1.54) is 6.42 Å². The summed E-state index contributed by atoms with van der Waals surface area (Å²) >= 11 is 0. The molecule has 2 unspecified atom stereocenters. The maximum Gasteiger partial charge on any atom is 0.303 e. The van der Waals surface area contributed by atoms with Crippen molar-refractivity contribution in [1.29, 1.82) is 0 Å². The van der Waals surface area contributed by atoms with Crippen molar-refractivity contribution in [2.24, 2.45) is 11.7 Å². The monoisotopic (exact) mass is 157 g/mol. The Bertz CT molecular complexity index is 147. The van der Waals surface area contributed by atoms with Crippen molar-refractivity contribution in [2.45, 2.75) is 38.1 Å². The van der Waals surface area contributed by atoms with Crippen LogP contribution in [0, 0.1) is 5.92 Å². The third-order valence-corrected chi connectivity index (χ3v) is 2.44. The van der Waals surface area contributed by atoms with Gasteiger partial charge in [-0.05, 0) is 31.6 Å². The van der Waals surface area contributed by atoms with Crippen LogP contribution in [0.4, 0.5) is 0 Å². The maximum absolute atomic E-state index is 10.1. The minimum absolute atomic E-state index is 0.295. The fourth-order valence-corrected chi connectivity index (χ4v) is 1.47. The molecule has 1 rings (SSSR count). The molecule has 1 fully saturated rings. The van der Waals surface area contributed by atoms with E-state index in [9.17, 15) is 4.79 Å². The van der Waals surface area contributed by atoms with Crippen molar-refractivity contribution in [3.8, 4) is 0 Å². The van der Waals surface area contributed by atoms with Gasteiger partial charge < -0.3 is 10.8 Å². The van der Waals surface area contributed by atoms with E-state index in [2.05, 4.69) is 0 Å². The van der Waals surface area contributed by atoms with E-state index in [1.807, 2.05) is 0 Å². The molecule has 0 aliphatic heterocycles. The van der Waals surface area contributed by atoms with Gasteiger partial charge in [-0.3, -0.25) is 4.79 Å². The zero-order valence-electron chi connectivity index (χ0n) is 6.62. The summed E-state index contributed by atoms with van der Waals surface area (Å²) in [6.07, 6.45) is 4.39. The number of carboxylic acid groups (broad SMARTS) is 1. The largest absolute Gasteiger partial charge is 0.481 e. The first-order valence-corrected chi connectivity index (χ1v) is 4.17. The summed E-state index contributed by atoms with van der Waals surface area (Å²) in [7, 11) is 0. The average molecular weight is 157 g/mol. The van der Waals surface area contributed by atoms with Crippen molar-refractivity contribution in [2.75, 3.05) is 0 Å². The SMILES string of the molecule is NC1CCC1CCCC(=O)O. The molecule has 0 heterocycles. The number of carbonyl (C=O) groups is 1. The summed E-state index contributed by atoms with van der Waals surface area (Å²) in [5.74, 6) is -0.0905. The van der Waals surface area contributed by atoms with E-state index < -0.39 is 5.97 Å². The van der Waals surface area contributed by atoms with Gasteiger partial charge in [-0.2, -0.15) is 0 Å². The molecule has 0 amide bonds. The van der Waals surface area contributed by atoms with Crippen LogP contribution in [0.5, 0.6) is 0 Å². The van der Waals surface area contributed by atoms with Gasteiger partial charge >= 0.3 is 5.97 Å². The van der Waals surface area contributed by atoms with E-state index in [0.29, 0.717) is 18.4 Å². The molecule has 1 aliphatic rings. The van der Waals surface area contributed by atoms with Crippen LogP contribution in [0.2, 0.25) is 0 Å². The van der Waals surface area contributed by atoms with Crippen LogP contribution in [-0.4, -0.2) is 17.1 Å². The van der Waals surface area contributed by atoms with E-state index in [1.54, 1.807) is 0 Å². The highest BCUT2D eigenvalue weighted by Crippen LogP contribution is 2.29. The van der Waals surface area contributed by atoms with Gasteiger partial charge in [-0.1, -0.05) is 0 Å². The Hall–Kier alpha value is -0.570. The van der Waals surface area contributed by atoms with Crippen molar-refractivity contribution in [3.63, 3.8) is 0 Å². The molecule has 11 heavy (non-hydrogen) atoms. The maximum atomic E-state index is 10.1. The van der Waals surface area contributed by atoms with Crippen LogP contribution < -0.4 is 5.73 Å². The summed E-state index contributed by atoms with van der Waals surface area (Å²) in [4.78, 5) is 10.1. The predicted molar refractivity (Wildman–Crippen MR) is 42.2 cm³/mol. The molecule has 64 valence electrons. The van der Waals surface area contributed by atoms with E-state index in [-0.39, 0.29) is 0 Å². The Morgan fingerprint density at radius 2 is 2.27 bits per heavy atom. The van der Waals surface area contributed by atoms with Crippen LogP contribution in [0.15, 0.2) is 0 Å². The van der Waals surface area contributed by atoms with Gasteiger partial charge in [0.2, 0.25) is 0 Å². The molecule has 0 aromatic heterocycles. The zero-order valence-corrected chi connectivity index (χ0v) is 6.62. The third kappa shape index (κ3) is 2.50. The number of hydrogen-bond donors (Lipinski definition) is 2. The van der Waals surface area contributed by atoms with Gasteiger partial charge in [0, 0.05) is 12.5 Å². The van der Waals surface area contributed by atoms with Gasteiger partial charge in [-0.15, -0.1) is 0 Å². The van der Waals surface area contributed by atoms with Crippen LogP contribution >= 0.6 is 0 Å². The van der Waals surface area contributed by atoms with Gasteiger partial charge in [0.25, 0.3) is 0 Å². The minimum Gasteiger partial charge on any atom is -0.481 e. The van der Waals surface area contributed by atoms with Crippen LogP contribution in [-0.2, 0) is 4.79 Å². The lowest BCUT2D eigenvalue weighted by atomic mass is 9.77. The molecule has 1 saturated carbocycles. The molecule has 0 aromatic rings. The predicted octanol–water partition coefficient (Wildman–Crippen LogP) is 0.979. The topological polar surface area (TPSA) is 63.3 Å². The summed E-state index contributed by atoms with van der Waals surface area (Å²) in [5, 5.41) is 8.35. The number of nitrogens with two attached hydrogens (primary N) is 1. The summed E-state index contributed by atoms with van der Waals surface area (Å²) < 4.78 is 0. The molecular weight excluding hydrogens is 142 g/mol. The van der Waals surface area contributed by atoms with Crippen LogP contribution in [0.1, 0.15) is 32.1 Å². The van der Waals surface area contributed by atoms with Gasteiger partial charge in [0.05, 0.1) is 0 Å². The van der Waals surface area contributed by atoms with E-state index in [0.717, 1.165) is 19.3 Å². The number of aliphatic carboxylic acids is 1. The molecule has 0 spiro atoms. The van der Waals surface area contributed by atoms with Crippen molar-refractivity contribution in [1.82, 2.24) is 0 Å². The molecule has 3 N–H and O–H groups in total. The number of rotatable bonds is 4. The lowest BCUT2D eigenvalue weighted by molar-refractivity contribution is -0.137. The van der Waals surface area contributed by atoms with Gasteiger partial charge in [0.15, 0.2) is 0 Å². The Kier molecular flexibility index (Phi) is 2.88. The molecule has 1 aliphatic carbocycles. The van der Waals surface area contributed by atoms with Crippen LogP contribution in [0.25, 0.3) is 0 Å². The van der Waals surface area contributed by atoms with Crippen molar-refractivity contribution in [3.05, 3.63) is 0 Å². The second-order valence-corrected chi connectivity index (χ2v) is 3.29. The average Bonchev–Trinajstić information content (AvgIpc) is 1.94. The first-order chi connectivity index (χ1) is 5.20. The van der Waals surface area contributed by atoms with Crippen molar-refractivity contribution >= 4 is 5.97 Å². The number of hydrogen-bond acceptors (Lipinski definition) is 2. The first-order valence-electron chi connectivity index (χ1n) is 4.17. The summed E-state index contributed by atoms with van der Waals surface area (Å²) in [6, 6.07) is 0.351. The van der Waals surface area contributed by atoms with Gasteiger partial charge in [0.1, 0.15) is 0 Å². The highest BCUT2D eigenvalue weighted by atomic mass is 16.4. The van der Waals surface area contributed by atoms with E-state index in [4.69, 9.17) is 10.8 Å². The normalized spacial score (nSPS) is 29.5. The quantitative estimate of drug-likeness (QED) is 0.639. The molecule has 0 aromatic carbocycles. The van der Waals surface area contributed by atoms with Gasteiger partial charge in [-0.25, -0.2) is 0 Å². The molecule has 0 radical (unpaired) electrons. The second kappa shape index (κ2) is 3.72. The number of carboxylic acids is 1. The fraction of sp³-hybridized carbons (Fsp3) is 0.875. The molecule has 2 atom stereocenters. The molecule has 3 heteroatoms. The fourth-order valence-electron chi connectivity index (χ4n) is 1.47. The Balaban J connectivity index is 1.99. The Labute approximate surface area is 66.6 Å². The molecule has 0 bridgehead atoms. The Morgan fingerprint density at radius 3 is 2.64 bits per heavy atom. The second-order valence-electron chi connectivity index (χ2n) is 3.29. The molecule has 0 saturated heterocycles. The zero-order chi connectivity index (χ0) is 8.27. The lowest BCUT2D eigenvalue weighted by Gasteiger charge is -2.33. The highest BCUT2D eigenvalue weighted by molar-refractivity contribution is 5.66. The van der Waals surface area contributed by atoms with Crippen molar-refractivity contribution < 1.29 is 9.90 Å².